The standard InChI is InChI=1S/C15H18N6O2/c1-9-6-4-5-7-10(9)8-21-11-12(17-14(21)18-16)19(2)15(23)20(3)13(11)22/h4-7H,8,16H2,1-3H3,(H,17,18). The van der Waals surface area contributed by atoms with Gasteiger partial charge in [0.2, 0.25) is 5.95 Å². The number of hydrogen-bond acceptors (Lipinski definition) is 5. The average molecular weight is 314 g/mol. The minimum atomic E-state index is -0.424. The summed E-state index contributed by atoms with van der Waals surface area (Å²) in [6, 6.07) is 7.87. The topological polar surface area (TPSA) is 99.9 Å². The Kier molecular flexibility index (Phi) is 3.53. The first-order chi connectivity index (χ1) is 11.0. The Morgan fingerprint density at radius 1 is 1.17 bits per heavy atom. The lowest BCUT2D eigenvalue weighted by atomic mass is 10.1. The number of nitrogens with zero attached hydrogens (tertiary/aromatic N) is 4. The van der Waals surface area contributed by atoms with Crippen LogP contribution in [-0.2, 0) is 20.6 Å². The number of aryl methyl sites for hydroxylation is 2. The third-order valence-corrected chi connectivity index (χ3v) is 4.07. The van der Waals surface area contributed by atoms with Gasteiger partial charge in [0, 0.05) is 14.1 Å². The molecule has 0 spiro atoms. The molecule has 0 atom stereocenters. The summed E-state index contributed by atoms with van der Waals surface area (Å²) in [6.07, 6.45) is 0. The Bertz CT molecular complexity index is 1010. The molecule has 2 heterocycles. The molecule has 0 radical (unpaired) electrons. The number of fused-ring (bicyclic) bond motifs is 1. The molecule has 0 unspecified atom stereocenters. The van der Waals surface area contributed by atoms with Crippen LogP contribution >= 0.6 is 0 Å². The van der Waals surface area contributed by atoms with Crippen molar-refractivity contribution < 1.29 is 0 Å². The molecule has 3 N–H and O–H groups in total. The maximum atomic E-state index is 12.5. The van der Waals surface area contributed by atoms with E-state index in [1.54, 1.807) is 11.6 Å². The molecule has 0 aliphatic carbocycles. The van der Waals surface area contributed by atoms with E-state index in [2.05, 4.69) is 10.4 Å². The van der Waals surface area contributed by atoms with Gasteiger partial charge in [-0.1, -0.05) is 24.3 Å². The minimum Gasteiger partial charge on any atom is -0.299 e. The summed E-state index contributed by atoms with van der Waals surface area (Å²) in [5.41, 5.74) is 4.47. The van der Waals surface area contributed by atoms with Crippen molar-refractivity contribution >= 4 is 17.1 Å². The Hall–Kier alpha value is -2.87. The third-order valence-electron chi connectivity index (χ3n) is 4.07. The van der Waals surface area contributed by atoms with E-state index in [-0.39, 0.29) is 0 Å². The fourth-order valence-corrected chi connectivity index (χ4v) is 2.67. The molecule has 3 rings (SSSR count). The summed E-state index contributed by atoms with van der Waals surface area (Å²) in [5.74, 6) is 5.89. The molecule has 8 nitrogen and oxygen atoms in total. The largest absolute Gasteiger partial charge is 0.332 e. The van der Waals surface area contributed by atoms with Crippen molar-refractivity contribution in [1.82, 2.24) is 18.7 Å². The Morgan fingerprint density at radius 3 is 2.52 bits per heavy atom. The molecule has 120 valence electrons. The summed E-state index contributed by atoms with van der Waals surface area (Å²) in [6.45, 7) is 2.42. The van der Waals surface area contributed by atoms with Crippen LogP contribution in [0.25, 0.3) is 11.2 Å². The van der Waals surface area contributed by atoms with Crippen LogP contribution < -0.4 is 22.5 Å². The van der Waals surface area contributed by atoms with E-state index in [1.165, 1.54) is 11.6 Å². The van der Waals surface area contributed by atoms with Gasteiger partial charge in [-0.05, 0) is 18.1 Å². The van der Waals surface area contributed by atoms with Gasteiger partial charge in [0.05, 0.1) is 6.54 Å². The molecular weight excluding hydrogens is 296 g/mol. The maximum absolute atomic E-state index is 12.5. The molecule has 2 aromatic heterocycles. The van der Waals surface area contributed by atoms with Gasteiger partial charge in [-0.15, -0.1) is 0 Å². The van der Waals surface area contributed by atoms with E-state index in [4.69, 9.17) is 5.84 Å². The zero-order chi connectivity index (χ0) is 16.7. The summed E-state index contributed by atoms with van der Waals surface area (Å²) in [7, 11) is 3.03. The van der Waals surface area contributed by atoms with Crippen molar-refractivity contribution in [2.75, 3.05) is 5.43 Å². The molecule has 3 aromatic rings. The normalized spacial score (nSPS) is 11.1. The second-order valence-corrected chi connectivity index (χ2v) is 5.47. The van der Waals surface area contributed by atoms with Crippen LogP contribution in [0.2, 0.25) is 0 Å². The quantitative estimate of drug-likeness (QED) is 0.527. The molecule has 0 bridgehead atoms. The van der Waals surface area contributed by atoms with E-state index >= 15 is 0 Å². The van der Waals surface area contributed by atoms with Gasteiger partial charge < -0.3 is 0 Å². The molecule has 0 saturated carbocycles. The molecule has 0 aliphatic heterocycles. The monoisotopic (exact) mass is 314 g/mol. The number of nitrogens with two attached hydrogens (primary N) is 1. The summed E-state index contributed by atoms with van der Waals surface area (Å²) in [4.78, 5) is 28.9. The summed E-state index contributed by atoms with van der Waals surface area (Å²) >= 11 is 0. The van der Waals surface area contributed by atoms with Gasteiger partial charge in [0.1, 0.15) is 0 Å². The van der Waals surface area contributed by atoms with Crippen LogP contribution in [0.1, 0.15) is 11.1 Å². The highest BCUT2D eigenvalue weighted by atomic mass is 16.2. The number of aromatic nitrogens is 4. The van der Waals surface area contributed by atoms with Crippen LogP contribution in [0, 0.1) is 6.92 Å². The second-order valence-electron chi connectivity index (χ2n) is 5.47. The summed E-state index contributed by atoms with van der Waals surface area (Å²) < 4.78 is 4.10. The highest BCUT2D eigenvalue weighted by Crippen LogP contribution is 2.18. The highest BCUT2D eigenvalue weighted by Gasteiger charge is 2.19. The minimum absolute atomic E-state index is 0.305. The van der Waals surface area contributed by atoms with Gasteiger partial charge in [-0.3, -0.25) is 23.9 Å². The van der Waals surface area contributed by atoms with E-state index in [0.29, 0.717) is 23.7 Å². The van der Waals surface area contributed by atoms with Crippen LogP contribution in [-0.4, -0.2) is 18.7 Å². The number of hydrazine groups is 1. The molecule has 1 aromatic carbocycles. The molecular formula is C15H18N6O2. The first kappa shape index (κ1) is 15.0. The number of benzene rings is 1. The van der Waals surface area contributed by atoms with E-state index in [1.807, 2.05) is 31.2 Å². The predicted octanol–water partition coefficient (Wildman–Crippen LogP) is 0.0760. The van der Waals surface area contributed by atoms with Crippen molar-refractivity contribution in [2.45, 2.75) is 13.5 Å². The van der Waals surface area contributed by atoms with Crippen LogP contribution in [0.4, 0.5) is 5.95 Å². The van der Waals surface area contributed by atoms with Crippen LogP contribution in [0.3, 0.4) is 0 Å². The van der Waals surface area contributed by atoms with Gasteiger partial charge in [-0.2, -0.15) is 4.98 Å². The van der Waals surface area contributed by atoms with Crippen molar-refractivity contribution in [3.8, 4) is 0 Å². The summed E-state index contributed by atoms with van der Waals surface area (Å²) in [5, 5.41) is 0. The third kappa shape index (κ3) is 2.23. The molecule has 8 heteroatoms. The van der Waals surface area contributed by atoms with Gasteiger partial charge in [0.15, 0.2) is 11.2 Å². The predicted molar refractivity (Wildman–Crippen MR) is 88.3 cm³/mol. The van der Waals surface area contributed by atoms with Crippen molar-refractivity contribution in [1.29, 1.82) is 0 Å². The Labute approximate surface area is 131 Å². The van der Waals surface area contributed by atoms with E-state index in [9.17, 15) is 9.59 Å². The molecule has 23 heavy (non-hydrogen) atoms. The van der Waals surface area contributed by atoms with Gasteiger partial charge in [-0.25, -0.2) is 10.6 Å². The van der Waals surface area contributed by atoms with Crippen molar-refractivity contribution in [2.24, 2.45) is 19.9 Å². The number of nitrogens with one attached hydrogen (secondary N) is 1. The van der Waals surface area contributed by atoms with Crippen LogP contribution in [0.5, 0.6) is 0 Å². The van der Waals surface area contributed by atoms with E-state index in [0.717, 1.165) is 15.7 Å². The highest BCUT2D eigenvalue weighted by molar-refractivity contribution is 5.74. The fraction of sp³-hybridized carbons (Fsp3) is 0.267. The lowest BCUT2D eigenvalue weighted by molar-refractivity contribution is 0.702. The van der Waals surface area contributed by atoms with E-state index < -0.39 is 11.2 Å². The van der Waals surface area contributed by atoms with Crippen molar-refractivity contribution in [3.05, 3.63) is 56.2 Å². The number of rotatable bonds is 3. The van der Waals surface area contributed by atoms with Crippen LogP contribution in [0.15, 0.2) is 33.9 Å². The second kappa shape index (κ2) is 5.40. The lowest BCUT2D eigenvalue weighted by Gasteiger charge is -2.11. The number of imidazole rings is 1. The first-order valence-electron chi connectivity index (χ1n) is 7.13. The molecule has 0 fully saturated rings. The first-order valence-corrected chi connectivity index (χ1v) is 7.13. The Morgan fingerprint density at radius 2 is 1.87 bits per heavy atom. The Balaban J connectivity index is 2.34. The van der Waals surface area contributed by atoms with Gasteiger partial charge >= 0.3 is 5.69 Å². The molecule has 0 amide bonds. The zero-order valence-electron chi connectivity index (χ0n) is 13.2. The molecule has 0 saturated heterocycles. The number of nitrogen functional groups attached to an aromatic ring is 1. The lowest BCUT2D eigenvalue weighted by Crippen LogP contribution is -2.37. The SMILES string of the molecule is Cc1ccccc1Cn1c(NN)nc2c1c(=O)n(C)c(=O)n2C. The maximum Gasteiger partial charge on any atom is 0.332 e. The number of anilines is 1. The fourth-order valence-electron chi connectivity index (χ4n) is 2.67. The average Bonchev–Trinajstić information content (AvgIpc) is 2.91. The smallest absolute Gasteiger partial charge is 0.299 e. The van der Waals surface area contributed by atoms with Crippen molar-refractivity contribution in [3.63, 3.8) is 0 Å². The molecule has 0 aliphatic rings. The van der Waals surface area contributed by atoms with Gasteiger partial charge in [0.25, 0.3) is 5.56 Å². The number of hydrogen-bond donors (Lipinski definition) is 2. The zero-order valence-corrected chi connectivity index (χ0v) is 13.2.